The molecular formula is C14H16BrNOS. The lowest BCUT2D eigenvalue weighted by atomic mass is 10.2. The molecule has 2 nitrogen and oxygen atoms in total. The number of hydrogen-bond donors (Lipinski definition) is 1. The lowest BCUT2D eigenvalue weighted by Gasteiger charge is -2.11. The van der Waals surface area contributed by atoms with E-state index in [2.05, 4.69) is 44.8 Å². The molecule has 0 saturated heterocycles. The van der Waals surface area contributed by atoms with E-state index in [9.17, 15) is 0 Å². The van der Waals surface area contributed by atoms with Crippen LogP contribution < -0.4 is 5.32 Å². The molecule has 2 rings (SSSR count). The first-order valence-corrected chi connectivity index (χ1v) is 7.59. The zero-order valence-electron chi connectivity index (χ0n) is 10.3. The van der Waals surface area contributed by atoms with Crippen molar-refractivity contribution in [2.45, 2.75) is 20.1 Å². The molecule has 0 amide bonds. The van der Waals surface area contributed by atoms with E-state index in [1.165, 1.54) is 10.4 Å². The van der Waals surface area contributed by atoms with E-state index in [0.29, 0.717) is 6.61 Å². The van der Waals surface area contributed by atoms with Crippen LogP contribution >= 0.6 is 27.3 Å². The van der Waals surface area contributed by atoms with Gasteiger partial charge in [0.25, 0.3) is 0 Å². The molecule has 2 aromatic rings. The molecule has 96 valence electrons. The van der Waals surface area contributed by atoms with E-state index in [4.69, 9.17) is 4.74 Å². The van der Waals surface area contributed by atoms with Crippen molar-refractivity contribution in [1.82, 2.24) is 0 Å². The number of halogens is 1. The Morgan fingerprint density at radius 3 is 2.89 bits per heavy atom. The summed E-state index contributed by atoms with van der Waals surface area (Å²) >= 11 is 5.22. The lowest BCUT2D eigenvalue weighted by Crippen LogP contribution is -2.02. The van der Waals surface area contributed by atoms with Gasteiger partial charge in [-0.05, 0) is 35.0 Å². The summed E-state index contributed by atoms with van der Waals surface area (Å²) in [5, 5.41) is 5.56. The molecule has 0 radical (unpaired) electrons. The molecule has 0 bridgehead atoms. The second kappa shape index (κ2) is 6.92. The fourth-order valence-electron chi connectivity index (χ4n) is 1.66. The third-order valence-electron chi connectivity index (χ3n) is 2.55. The maximum atomic E-state index is 5.47. The summed E-state index contributed by atoms with van der Waals surface area (Å²) < 4.78 is 6.62. The van der Waals surface area contributed by atoms with E-state index < -0.39 is 0 Å². The summed E-state index contributed by atoms with van der Waals surface area (Å²) in [6.45, 7) is 4.26. The first-order chi connectivity index (χ1) is 8.79. The smallest absolute Gasteiger partial charge is 0.0736 e. The third kappa shape index (κ3) is 3.83. The van der Waals surface area contributed by atoms with Gasteiger partial charge in [-0.1, -0.05) is 18.2 Å². The largest absolute Gasteiger partial charge is 0.380 e. The first kappa shape index (κ1) is 13.6. The number of ether oxygens (including phenoxy) is 1. The SMILES string of the molecule is CCOCc1ccccc1NCc1cc(Br)cs1. The summed E-state index contributed by atoms with van der Waals surface area (Å²) in [6.07, 6.45) is 0. The highest BCUT2D eigenvalue weighted by atomic mass is 79.9. The van der Waals surface area contributed by atoms with E-state index in [1.54, 1.807) is 11.3 Å². The number of rotatable bonds is 6. The number of thiophene rings is 1. The quantitative estimate of drug-likeness (QED) is 0.834. The zero-order valence-corrected chi connectivity index (χ0v) is 12.7. The van der Waals surface area contributed by atoms with Gasteiger partial charge in [0.1, 0.15) is 0 Å². The maximum Gasteiger partial charge on any atom is 0.0736 e. The number of hydrogen-bond acceptors (Lipinski definition) is 3. The average molecular weight is 326 g/mol. The lowest BCUT2D eigenvalue weighted by molar-refractivity contribution is 0.134. The zero-order chi connectivity index (χ0) is 12.8. The molecule has 18 heavy (non-hydrogen) atoms. The topological polar surface area (TPSA) is 21.3 Å². The molecule has 0 unspecified atom stereocenters. The summed E-state index contributed by atoms with van der Waals surface area (Å²) in [4.78, 5) is 1.31. The van der Waals surface area contributed by atoms with Crippen molar-refractivity contribution in [2.75, 3.05) is 11.9 Å². The van der Waals surface area contributed by atoms with Gasteiger partial charge in [-0.15, -0.1) is 11.3 Å². The van der Waals surface area contributed by atoms with Gasteiger partial charge >= 0.3 is 0 Å². The fourth-order valence-corrected chi connectivity index (χ4v) is 3.05. The number of benzene rings is 1. The Morgan fingerprint density at radius 2 is 2.17 bits per heavy atom. The minimum atomic E-state index is 0.661. The van der Waals surface area contributed by atoms with Crippen LogP contribution in [0.1, 0.15) is 17.4 Å². The van der Waals surface area contributed by atoms with Gasteiger partial charge in [0, 0.05) is 39.1 Å². The minimum absolute atomic E-state index is 0.661. The van der Waals surface area contributed by atoms with E-state index >= 15 is 0 Å². The Morgan fingerprint density at radius 1 is 1.33 bits per heavy atom. The predicted molar refractivity (Wildman–Crippen MR) is 81.1 cm³/mol. The number of nitrogens with one attached hydrogen (secondary N) is 1. The highest BCUT2D eigenvalue weighted by Gasteiger charge is 2.02. The third-order valence-corrected chi connectivity index (χ3v) is 4.25. The molecule has 0 aliphatic heterocycles. The average Bonchev–Trinajstić information content (AvgIpc) is 2.81. The van der Waals surface area contributed by atoms with Crippen LogP contribution in [0, 0.1) is 0 Å². The number of para-hydroxylation sites is 1. The Hall–Kier alpha value is -0.840. The van der Waals surface area contributed by atoms with Crippen LogP contribution in [-0.4, -0.2) is 6.61 Å². The van der Waals surface area contributed by atoms with E-state index in [-0.39, 0.29) is 0 Å². The van der Waals surface area contributed by atoms with Gasteiger partial charge < -0.3 is 10.1 Å². The van der Waals surface area contributed by atoms with E-state index in [1.807, 2.05) is 19.1 Å². The van der Waals surface area contributed by atoms with E-state index in [0.717, 1.165) is 23.3 Å². The molecule has 1 heterocycles. The van der Waals surface area contributed by atoms with Gasteiger partial charge in [0.2, 0.25) is 0 Å². The van der Waals surface area contributed by atoms with Crippen LogP contribution in [-0.2, 0) is 17.9 Å². The Balaban J connectivity index is 1.99. The Bertz CT molecular complexity index is 498. The summed E-state index contributed by atoms with van der Waals surface area (Å²) in [6, 6.07) is 10.4. The molecule has 0 fully saturated rings. The molecule has 0 saturated carbocycles. The fraction of sp³-hybridized carbons (Fsp3) is 0.286. The van der Waals surface area contributed by atoms with Crippen molar-refractivity contribution < 1.29 is 4.74 Å². The summed E-state index contributed by atoms with van der Waals surface area (Å²) in [7, 11) is 0. The van der Waals surface area contributed by atoms with Crippen LogP contribution in [0.25, 0.3) is 0 Å². The minimum Gasteiger partial charge on any atom is -0.380 e. The molecule has 0 spiro atoms. The first-order valence-electron chi connectivity index (χ1n) is 5.92. The monoisotopic (exact) mass is 325 g/mol. The molecule has 0 aliphatic rings. The Kier molecular flexibility index (Phi) is 5.23. The maximum absolute atomic E-state index is 5.47. The van der Waals surface area contributed by atoms with Gasteiger partial charge in [-0.25, -0.2) is 0 Å². The van der Waals surface area contributed by atoms with Gasteiger partial charge in [-0.3, -0.25) is 0 Å². The van der Waals surface area contributed by atoms with Crippen LogP contribution in [0.4, 0.5) is 5.69 Å². The number of anilines is 1. The molecular weight excluding hydrogens is 310 g/mol. The Labute approximate surface area is 120 Å². The standard InChI is InChI=1S/C14H16BrNOS/c1-2-17-9-11-5-3-4-6-14(11)16-8-13-7-12(15)10-18-13/h3-7,10,16H,2,8-9H2,1H3. The normalized spacial score (nSPS) is 10.6. The summed E-state index contributed by atoms with van der Waals surface area (Å²) in [5.41, 5.74) is 2.35. The molecule has 0 atom stereocenters. The van der Waals surface area contributed by atoms with Crippen molar-refractivity contribution >= 4 is 33.0 Å². The predicted octanol–water partition coefficient (Wildman–Crippen LogP) is 4.66. The van der Waals surface area contributed by atoms with Crippen molar-refractivity contribution in [3.63, 3.8) is 0 Å². The van der Waals surface area contributed by atoms with Crippen molar-refractivity contribution in [3.8, 4) is 0 Å². The van der Waals surface area contributed by atoms with Gasteiger partial charge in [-0.2, -0.15) is 0 Å². The highest BCUT2D eigenvalue weighted by molar-refractivity contribution is 9.10. The second-order valence-electron chi connectivity index (χ2n) is 3.88. The molecule has 0 aliphatic carbocycles. The molecule has 1 N–H and O–H groups in total. The van der Waals surface area contributed by atoms with Crippen LogP contribution in [0.2, 0.25) is 0 Å². The van der Waals surface area contributed by atoms with Crippen molar-refractivity contribution in [2.24, 2.45) is 0 Å². The molecule has 1 aromatic carbocycles. The second-order valence-corrected chi connectivity index (χ2v) is 5.79. The van der Waals surface area contributed by atoms with Crippen LogP contribution in [0.5, 0.6) is 0 Å². The molecule has 1 aromatic heterocycles. The van der Waals surface area contributed by atoms with Crippen molar-refractivity contribution in [1.29, 1.82) is 0 Å². The highest BCUT2D eigenvalue weighted by Crippen LogP contribution is 2.22. The van der Waals surface area contributed by atoms with Gasteiger partial charge in [0.05, 0.1) is 6.61 Å². The van der Waals surface area contributed by atoms with Gasteiger partial charge in [0.15, 0.2) is 0 Å². The van der Waals surface area contributed by atoms with Crippen LogP contribution in [0.15, 0.2) is 40.2 Å². The van der Waals surface area contributed by atoms with Crippen molar-refractivity contribution in [3.05, 3.63) is 50.6 Å². The summed E-state index contributed by atoms with van der Waals surface area (Å²) in [5.74, 6) is 0. The molecule has 4 heteroatoms. The van der Waals surface area contributed by atoms with Crippen LogP contribution in [0.3, 0.4) is 0 Å².